The number of rotatable bonds is 4. The van der Waals surface area contributed by atoms with Crippen LogP contribution in [0.2, 0.25) is 0 Å². The van der Waals surface area contributed by atoms with Crippen molar-refractivity contribution in [1.29, 1.82) is 0 Å². The van der Waals surface area contributed by atoms with Gasteiger partial charge in [0.25, 0.3) is 11.8 Å². The van der Waals surface area contributed by atoms with E-state index in [1.54, 1.807) is 11.3 Å². The number of carbonyl (C=O) groups is 2. The van der Waals surface area contributed by atoms with Crippen LogP contribution in [0, 0.1) is 0 Å². The monoisotopic (exact) mass is 401 g/mol. The molecule has 29 heavy (non-hydrogen) atoms. The largest absolute Gasteiger partial charge is 0.308 e. The summed E-state index contributed by atoms with van der Waals surface area (Å²) in [6, 6.07) is 17.5. The minimum absolute atomic E-state index is 0.226. The van der Waals surface area contributed by atoms with E-state index in [9.17, 15) is 9.59 Å². The van der Waals surface area contributed by atoms with Gasteiger partial charge in [-0.15, -0.1) is 11.3 Å². The van der Waals surface area contributed by atoms with E-state index in [-0.39, 0.29) is 11.8 Å². The van der Waals surface area contributed by atoms with E-state index in [1.807, 2.05) is 67.5 Å². The molecule has 144 valence electrons. The number of amides is 2. The molecular formula is C23H19N3O2S. The number of aromatic nitrogens is 1. The molecule has 0 aliphatic carbocycles. The Balaban J connectivity index is 1.68. The maximum Gasteiger partial charge on any atom is 0.261 e. The second-order valence-electron chi connectivity index (χ2n) is 7.44. The van der Waals surface area contributed by atoms with Crippen LogP contribution in [0.1, 0.15) is 20.7 Å². The number of hydrogen-bond donors (Lipinski definition) is 0. The molecule has 5 rings (SSSR count). The molecule has 0 radical (unpaired) electrons. The summed E-state index contributed by atoms with van der Waals surface area (Å²) < 4.78 is 1.12. The van der Waals surface area contributed by atoms with Crippen molar-refractivity contribution in [2.75, 3.05) is 27.2 Å². The van der Waals surface area contributed by atoms with Crippen molar-refractivity contribution in [3.8, 4) is 10.6 Å². The highest BCUT2D eigenvalue weighted by molar-refractivity contribution is 7.21. The van der Waals surface area contributed by atoms with Crippen molar-refractivity contribution in [1.82, 2.24) is 14.8 Å². The normalized spacial score (nSPS) is 13.8. The Labute approximate surface area is 172 Å². The number of fused-ring (bicyclic) bond motifs is 1. The summed E-state index contributed by atoms with van der Waals surface area (Å²) in [6.45, 7) is 1.01. The molecule has 1 aliphatic rings. The third kappa shape index (κ3) is 2.84. The third-order valence-electron chi connectivity index (χ3n) is 5.29. The molecule has 3 aromatic carbocycles. The van der Waals surface area contributed by atoms with Gasteiger partial charge in [-0.3, -0.25) is 14.5 Å². The van der Waals surface area contributed by atoms with Crippen LogP contribution in [0.25, 0.3) is 31.6 Å². The van der Waals surface area contributed by atoms with E-state index < -0.39 is 0 Å². The molecular weight excluding hydrogens is 382 g/mol. The van der Waals surface area contributed by atoms with Gasteiger partial charge in [0, 0.05) is 35.2 Å². The Morgan fingerprint density at radius 3 is 2.38 bits per heavy atom. The highest BCUT2D eigenvalue weighted by Crippen LogP contribution is 2.39. The molecule has 0 saturated carbocycles. The highest BCUT2D eigenvalue weighted by atomic mass is 32.1. The maximum absolute atomic E-state index is 13.1. The van der Waals surface area contributed by atoms with Gasteiger partial charge >= 0.3 is 0 Å². The molecule has 6 heteroatoms. The van der Waals surface area contributed by atoms with Gasteiger partial charge < -0.3 is 4.90 Å². The maximum atomic E-state index is 13.1. The molecule has 1 aliphatic heterocycles. The van der Waals surface area contributed by atoms with Gasteiger partial charge in [-0.1, -0.05) is 30.3 Å². The zero-order chi connectivity index (χ0) is 20.1. The smallest absolute Gasteiger partial charge is 0.261 e. The van der Waals surface area contributed by atoms with Crippen molar-refractivity contribution in [3.05, 3.63) is 65.7 Å². The van der Waals surface area contributed by atoms with Crippen molar-refractivity contribution >= 4 is 44.1 Å². The first-order valence-corrected chi connectivity index (χ1v) is 10.3. The second-order valence-corrected chi connectivity index (χ2v) is 8.47. The van der Waals surface area contributed by atoms with Crippen molar-refractivity contribution < 1.29 is 9.59 Å². The van der Waals surface area contributed by atoms with E-state index in [2.05, 4.69) is 6.07 Å². The summed E-state index contributed by atoms with van der Waals surface area (Å²) in [5.41, 5.74) is 3.07. The summed E-state index contributed by atoms with van der Waals surface area (Å²) in [5, 5.41) is 2.53. The fraction of sp³-hybridized carbons (Fsp3) is 0.174. The Hall–Kier alpha value is -3.09. The van der Waals surface area contributed by atoms with Crippen LogP contribution in [0.3, 0.4) is 0 Å². The number of para-hydroxylation sites is 1. The van der Waals surface area contributed by atoms with Crippen LogP contribution in [-0.2, 0) is 0 Å². The van der Waals surface area contributed by atoms with E-state index in [0.29, 0.717) is 24.2 Å². The summed E-state index contributed by atoms with van der Waals surface area (Å²) in [6.07, 6.45) is 0. The first kappa shape index (κ1) is 18.0. The molecule has 0 fully saturated rings. The first-order chi connectivity index (χ1) is 14.0. The van der Waals surface area contributed by atoms with Crippen molar-refractivity contribution in [2.45, 2.75) is 0 Å². The lowest BCUT2D eigenvalue weighted by atomic mass is 9.91. The quantitative estimate of drug-likeness (QED) is 0.479. The lowest BCUT2D eigenvalue weighted by molar-refractivity contribution is 0.0601. The average molecular weight is 401 g/mol. The highest BCUT2D eigenvalue weighted by Gasteiger charge is 2.33. The van der Waals surface area contributed by atoms with Gasteiger partial charge in [0.05, 0.1) is 10.2 Å². The second kappa shape index (κ2) is 6.76. The molecule has 0 N–H and O–H groups in total. The van der Waals surface area contributed by atoms with Crippen LogP contribution in [0.5, 0.6) is 0 Å². The van der Waals surface area contributed by atoms with Gasteiger partial charge in [0.1, 0.15) is 5.01 Å². The minimum Gasteiger partial charge on any atom is -0.308 e. The third-order valence-corrected chi connectivity index (χ3v) is 6.36. The van der Waals surface area contributed by atoms with Crippen LogP contribution >= 0.6 is 11.3 Å². The number of hydrogen-bond acceptors (Lipinski definition) is 5. The lowest BCUT2D eigenvalue weighted by Crippen LogP contribution is -2.43. The van der Waals surface area contributed by atoms with Crippen LogP contribution < -0.4 is 0 Å². The number of carbonyl (C=O) groups excluding carboxylic acids is 2. The van der Waals surface area contributed by atoms with Crippen LogP contribution in [0.15, 0.2) is 54.6 Å². The standard InChI is InChI=1S/C23H19N3O2S/c1-25(2)12-13-26-22(27)16-7-5-6-14-15(10-11-17(20(14)16)23(26)28)21-24-18-8-3-4-9-19(18)29-21/h3-11H,12-13H2,1-2H3. The van der Waals surface area contributed by atoms with E-state index in [1.165, 1.54) is 4.90 Å². The predicted octanol–water partition coefficient (Wildman–Crippen LogP) is 4.27. The zero-order valence-corrected chi connectivity index (χ0v) is 17.0. The fourth-order valence-electron chi connectivity index (χ4n) is 3.82. The number of imide groups is 1. The minimum atomic E-state index is -0.226. The number of benzene rings is 3. The predicted molar refractivity (Wildman–Crippen MR) is 116 cm³/mol. The Bertz CT molecular complexity index is 1240. The lowest BCUT2D eigenvalue weighted by Gasteiger charge is -2.28. The Morgan fingerprint density at radius 1 is 0.897 bits per heavy atom. The van der Waals surface area contributed by atoms with Gasteiger partial charge in [-0.2, -0.15) is 0 Å². The molecule has 2 heterocycles. The number of nitrogens with zero attached hydrogens (tertiary/aromatic N) is 3. The topological polar surface area (TPSA) is 53.5 Å². The van der Waals surface area contributed by atoms with Gasteiger partial charge in [-0.05, 0) is 43.7 Å². The molecule has 1 aromatic heterocycles. The van der Waals surface area contributed by atoms with Gasteiger partial charge in [0.15, 0.2) is 0 Å². The SMILES string of the molecule is CN(C)CCN1C(=O)c2cccc3c(-c4nc5ccccc5s4)ccc(c23)C1=O. The Morgan fingerprint density at radius 2 is 1.62 bits per heavy atom. The molecule has 0 atom stereocenters. The fourth-order valence-corrected chi connectivity index (χ4v) is 4.83. The molecule has 0 spiro atoms. The van der Waals surface area contributed by atoms with Gasteiger partial charge in [-0.25, -0.2) is 4.98 Å². The summed E-state index contributed by atoms with van der Waals surface area (Å²) in [5.74, 6) is -0.451. The van der Waals surface area contributed by atoms with E-state index in [4.69, 9.17) is 4.98 Å². The molecule has 4 aromatic rings. The van der Waals surface area contributed by atoms with Crippen molar-refractivity contribution in [2.24, 2.45) is 0 Å². The van der Waals surface area contributed by atoms with Crippen LogP contribution in [0.4, 0.5) is 0 Å². The Kier molecular flexibility index (Phi) is 4.19. The zero-order valence-electron chi connectivity index (χ0n) is 16.2. The molecule has 0 bridgehead atoms. The molecule has 0 unspecified atom stereocenters. The summed E-state index contributed by atoms with van der Waals surface area (Å²) in [7, 11) is 3.86. The molecule has 2 amide bonds. The molecule has 0 saturated heterocycles. The van der Waals surface area contributed by atoms with Crippen molar-refractivity contribution in [3.63, 3.8) is 0 Å². The van der Waals surface area contributed by atoms with Crippen LogP contribution in [-0.4, -0.2) is 53.8 Å². The first-order valence-electron chi connectivity index (χ1n) is 9.47. The van der Waals surface area contributed by atoms with E-state index >= 15 is 0 Å². The average Bonchev–Trinajstić information content (AvgIpc) is 3.15. The number of thiazole rings is 1. The summed E-state index contributed by atoms with van der Waals surface area (Å²) >= 11 is 1.62. The number of likely N-dealkylation sites (N-methyl/N-ethyl adjacent to an activating group) is 1. The molecule has 5 nitrogen and oxygen atoms in total. The van der Waals surface area contributed by atoms with Gasteiger partial charge in [0.2, 0.25) is 0 Å². The van der Waals surface area contributed by atoms with E-state index in [0.717, 1.165) is 31.6 Å². The summed E-state index contributed by atoms with van der Waals surface area (Å²) in [4.78, 5) is 34.3.